The van der Waals surface area contributed by atoms with Crippen molar-refractivity contribution in [1.29, 1.82) is 0 Å². The minimum atomic E-state index is 0.131. The second-order valence-corrected chi connectivity index (χ2v) is 8.70. The summed E-state index contributed by atoms with van der Waals surface area (Å²) in [5, 5.41) is 3.13. The summed E-state index contributed by atoms with van der Waals surface area (Å²) in [6.45, 7) is 14.8. The van der Waals surface area contributed by atoms with E-state index < -0.39 is 0 Å². The lowest BCUT2D eigenvalue weighted by Crippen LogP contribution is -2.34. The molecular weight excluding hydrogens is 260 g/mol. The minimum Gasteiger partial charge on any atom is -0.356 e. The van der Waals surface area contributed by atoms with Crippen LogP contribution in [0.25, 0.3) is 0 Å². The van der Waals surface area contributed by atoms with Gasteiger partial charge < -0.3 is 11.1 Å². The van der Waals surface area contributed by atoms with Gasteiger partial charge in [0.15, 0.2) is 0 Å². The van der Waals surface area contributed by atoms with E-state index >= 15 is 0 Å². The summed E-state index contributed by atoms with van der Waals surface area (Å²) in [4.78, 5) is 12.4. The van der Waals surface area contributed by atoms with E-state index in [1.54, 1.807) is 0 Å². The van der Waals surface area contributed by atoms with E-state index in [0.717, 1.165) is 51.6 Å². The third-order valence-corrected chi connectivity index (χ3v) is 3.64. The van der Waals surface area contributed by atoms with Gasteiger partial charge in [-0.1, -0.05) is 48.0 Å². The number of nitrogens with one attached hydrogen (secondary N) is 1. The molecule has 0 aromatic carbocycles. The molecular formula is C18H38N2O. The fourth-order valence-electron chi connectivity index (χ4n) is 2.57. The highest BCUT2D eigenvalue weighted by Gasteiger charge is 2.24. The molecule has 0 bridgehead atoms. The zero-order chi connectivity index (χ0) is 16.5. The second kappa shape index (κ2) is 9.45. The number of rotatable bonds is 9. The average Bonchev–Trinajstić information content (AvgIpc) is 2.30. The van der Waals surface area contributed by atoms with Gasteiger partial charge in [0, 0.05) is 12.5 Å². The maximum absolute atomic E-state index is 12.4. The Hall–Kier alpha value is -0.570. The molecule has 0 aromatic rings. The molecule has 0 saturated carbocycles. The Morgan fingerprint density at radius 3 is 2.10 bits per heavy atom. The zero-order valence-electron chi connectivity index (χ0n) is 15.2. The molecule has 1 amide bonds. The number of nitrogens with two attached hydrogens (primary N) is 1. The summed E-state index contributed by atoms with van der Waals surface area (Å²) in [6, 6.07) is 0. The SMILES string of the molecule is CC(C)(C)CCCNC(=O)[C@@H](CCCCN)CC(C)(C)C. The van der Waals surface area contributed by atoms with Crippen LogP contribution in [0, 0.1) is 16.7 Å². The molecule has 21 heavy (non-hydrogen) atoms. The normalized spacial score (nSPS) is 14.0. The van der Waals surface area contributed by atoms with Crippen molar-refractivity contribution in [1.82, 2.24) is 5.32 Å². The van der Waals surface area contributed by atoms with Crippen molar-refractivity contribution in [3.8, 4) is 0 Å². The van der Waals surface area contributed by atoms with Crippen LogP contribution < -0.4 is 11.1 Å². The molecule has 3 heteroatoms. The topological polar surface area (TPSA) is 55.1 Å². The van der Waals surface area contributed by atoms with Gasteiger partial charge in [-0.15, -0.1) is 0 Å². The first-order chi connectivity index (χ1) is 9.55. The smallest absolute Gasteiger partial charge is 0.223 e. The molecule has 126 valence electrons. The van der Waals surface area contributed by atoms with Crippen molar-refractivity contribution in [2.24, 2.45) is 22.5 Å². The van der Waals surface area contributed by atoms with Gasteiger partial charge in [-0.05, 0) is 49.5 Å². The van der Waals surface area contributed by atoms with Gasteiger partial charge in [-0.25, -0.2) is 0 Å². The van der Waals surface area contributed by atoms with Crippen LogP contribution in [0.2, 0.25) is 0 Å². The van der Waals surface area contributed by atoms with Crippen LogP contribution in [0.5, 0.6) is 0 Å². The molecule has 0 heterocycles. The number of unbranched alkanes of at least 4 members (excludes halogenated alkanes) is 1. The predicted octanol–water partition coefficient (Wildman–Crippen LogP) is 4.11. The largest absolute Gasteiger partial charge is 0.356 e. The van der Waals surface area contributed by atoms with E-state index in [4.69, 9.17) is 5.73 Å². The summed E-state index contributed by atoms with van der Waals surface area (Å²) in [6.07, 6.45) is 6.16. The van der Waals surface area contributed by atoms with E-state index in [9.17, 15) is 4.79 Å². The van der Waals surface area contributed by atoms with Crippen LogP contribution in [0.15, 0.2) is 0 Å². The summed E-state index contributed by atoms with van der Waals surface area (Å²) >= 11 is 0. The van der Waals surface area contributed by atoms with E-state index in [2.05, 4.69) is 46.9 Å². The van der Waals surface area contributed by atoms with Gasteiger partial charge in [0.25, 0.3) is 0 Å². The maximum Gasteiger partial charge on any atom is 0.223 e. The molecule has 0 unspecified atom stereocenters. The van der Waals surface area contributed by atoms with Crippen LogP contribution in [0.4, 0.5) is 0 Å². The molecule has 0 saturated heterocycles. The monoisotopic (exact) mass is 298 g/mol. The van der Waals surface area contributed by atoms with Crippen molar-refractivity contribution in [2.75, 3.05) is 13.1 Å². The number of hydrogen-bond acceptors (Lipinski definition) is 2. The molecule has 0 aliphatic rings. The lowest BCUT2D eigenvalue weighted by molar-refractivity contribution is -0.126. The molecule has 3 nitrogen and oxygen atoms in total. The quantitative estimate of drug-likeness (QED) is 0.629. The van der Waals surface area contributed by atoms with Crippen LogP contribution in [0.1, 0.15) is 80.1 Å². The number of hydrogen-bond donors (Lipinski definition) is 2. The Morgan fingerprint density at radius 1 is 1.00 bits per heavy atom. The molecule has 0 aliphatic carbocycles. The summed E-state index contributed by atoms with van der Waals surface area (Å²) in [7, 11) is 0. The number of carbonyl (C=O) groups is 1. The van der Waals surface area contributed by atoms with E-state index in [1.807, 2.05) is 0 Å². The van der Waals surface area contributed by atoms with Crippen molar-refractivity contribution < 1.29 is 4.79 Å². The van der Waals surface area contributed by atoms with Gasteiger partial charge in [-0.2, -0.15) is 0 Å². The van der Waals surface area contributed by atoms with Gasteiger partial charge in [0.2, 0.25) is 5.91 Å². The lowest BCUT2D eigenvalue weighted by atomic mass is 9.82. The lowest BCUT2D eigenvalue weighted by Gasteiger charge is -2.25. The highest BCUT2D eigenvalue weighted by Crippen LogP contribution is 2.27. The minimum absolute atomic E-state index is 0.131. The third kappa shape index (κ3) is 12.9. The van der Waals surface area contributed by atoms with Gasteiger partial charge in [0.05, 0.1) is 0 Å². The van der Waals surface area contributed by atoms with Crippen LogP contribution in [-0.2, 0) is 4.79 Å². The van der Waals surface area contributed by atoms with Crippen molar-refractivity contribution in [2.45, 2.75) is 80.1 Å². The first-order valence-electron chi connectivity index (χ1n) is 8.53. The summed E-state index contributed by atoms with van der Waals surface area (Å²) in [5.74, 6) is 0.363. The first-order valence-corrected chi connectivity index (χ1v) is 8.53. The summed E-state index contributed by atoms with van der Waals surface area (Å²) < 4.78 is 0. The molecule has 0 aromatic heterocycles. The first kappa shape index (κ1) is 20.4. The van der Waals surface area contributed by atoms with Crippen molar-refractivity contribution >= 4 is 5.91 Å². The molecule has 0 spiro atoms. The molecule has 3 N–H and O–H groups in total. The third-order valence-electron chi connectivity index (χ3n) is 3.64. The van der Waals surface area contributed by atoms with Crippen LogP contribution in [-0.4, -0.2) is 19.0 Å². The Bertz CT molecular complexity index is 287. The van der Waals surface area contributed by atoms with E-state index in [1.165, 1.54) is 0 Å². The van der Waals surface area contributed by atoms with E-state index in [0.29, 0.717) is 5.41 Å². The molecule has 0 rings (SSSR count). The molecule has 0 fully saturated rings. The number of amides is 1. The fraction of sp³-hybridized carbons (Fsp3) is 0.944. The van der Waals surface area contributed by atoms with Gasteiger partial charge >= 0.3 is 0 Å². The van der Waals surface area contributed by atoms with Crippen molar-refractivity contribution in [3.05, 3.63) is 0 Å². The predicted molar refractivity (Wildman–Crippen MR) is 92.2 cm³/mol. The summed E-state index contributed by atoms with van der Waals surface area (Å²) in [5.41, 5.74) is 6.09. The Morgan fingerprint density at radius 2 is 1.62 bits per heavy atom. The molecule has 0 aliphatic heterocycles. The maximum atomic E-state index is 12.4. The number of carbonyl (C=O) groups excluding carboxylic acids is 1. The second-order valence-electron chi connectivity index (χ2n) is 8.70. The van der Waals surface area contributed by atoms with Gasteiger partial charge in [0.1, 0.15) is 0 Å². The Kier molecular flexibility index (Phi) is 9.19. The Balaban J connectivity index is 4.23. The fourth-order valence-corrected chi connectivity index (χ4v) is 2.57. The van der Waals surface area contributed by atoms with Gasteiger partial charge in [-0.3, -0.25) is 4.79 Å². The average molecular weight is 299 g/mol. The highest BCUT2D eigenvalue weighted by atomic mass is 16.1. The van der Waals surface area contributed by atoms with Crippen LogP contribution >= 0.6 is 0 Å². The van der Waals surface area contributed by atoms with Crippen molar-refractivity contribution in [3.63, 3.8) is 0 Å². The molecule has 1 atom stereocenters. The molecule has 0 radical (unpaired) electrons. The highest BCUT2D eigenvalue weighted by molar-refractivity contribution is 5.78. The standard InChI is InChI=1S/C18H38N2O/c1-17(2,3)11-9-13-20-16(21)15(10-7-8-12-19)14-18(4,5)6/h15H,7-14,19H2,1-6H3,(H,20,21)/t15-/m0/s1. The van der Waals surface area contributed by atoms with E-state index in [-0.39, 0.29) is 17.2 Å². The zero-order valence-corrected chi connectivity index (χ0v) is 15.2. The Labute approximate surface area is 132 Å². The van der Waals surface area contributed by atoms with Crippen LogP contribution in [0.3, 0.4) is 0 Å².